The third-order valence-electron chi connectivity index (χ3n) is 11.3. The molecule has 4 aromatic carbocycles. The van der Waals surface area contributed by atoms with E-state index in [0.29, 0.717) is 12.8 Å². The van der Waals surface area contributed by atoms with Crippen LogP contribution < -0.4 is 10.6 Å². The largest absolute Gasteiger partial charge is 0.356 e. The number of carbonyl (C=O) groups is 2. The van der Waals surface area contributed by atoms with Crippen molar-refractivity contribution in [3.8, 4) is 22.5 Å². The Morgan fingerprint density at radius 2 is 1.02 bits per heavy atom. The van der Waals surface area contributed by atoms with E-state index in [1.54, 1.807) is 24.8 Å². The molecule has 4 aromatic heterocycles. The molecule has 0 amide bonds. The van der Waals surface area contributed by atoms with Gasteiger partial charge in [0.25, 0.3) is 0 Å². The van der Waals surface area contributed by atoms with E-state index in [9.17, 15) is 9.59 Å². The summed E-state index contributed by atoms with van der Waals surface area (Å²) in [4.78, 5) is 41.6. The minimum Gasteiger partial charge on any atom is -0.356 e. The Morgan fingerprint density at radius 1 is 0.517 bits per heavy atom. The molecule has 0 atom stereocenters. The number of aromatic amines is 2. The molecule has 288 valence electrons. The summed E-state index contributed by atoms with van der Waals surface area (Å²) in [6.07, 6.45) is 9.93. The highest BCUT2D eigenvalue weighted by Crippen LogP contribution is 2.45. The number of aromatic nitrogens is 4. The van der Waals surface area contributed by atoms with E-state index in [2.05, 4.69) is 113 Å². The minimum atomic E-state index is -0.0405. The molecule has 2 aliphatic rings. The smallest absolute Gasteiger partial charge is 0.167 e. The van der Waals surface area contributed by atoms with Gasteiger partial charge < -0.3 is 20.6 Å². The summed E-state index contributed by atoms with van der Waals surface area (Å²) >= 11 is 0. The highest BCUT2D eigenvalue weighted by Gasteiger charge is 2.37. The van der Waals surface area contributed by atoms with Gasteiger partial charge in [0.15, 0.2) is 11.6 Å². The Hall–Kier alpha value is -6.80. The number of Topliss-reactive ketones (excluding diaryl/α,β-unsaturated/α-hetero) is 2. The van der Waals surface area contributed by atoms with E-state index in [4.69, 9.17) is 0 Å². The van der Waals surface area contributed by atoms with Crippen molar-refractivity contribution < 1.29 is 9.59 Å². The van der Waals surface area contributed by atoms with Gasteiger partial charge in [-0.05, 0) is 82.3 Å². The Kier molecular flexibility index (Phi) is 9.27. The van der Waals surface area contributed by atoms with Crippen LogP contribution in [0.4, 0.5) is 22.7 Å². The van der Waals surface area contributed by atoms with Gasteiger partial charge in [-0.1, -0.05) is 94.4 Å². The van der Waals surface area contributed by atoms with Crippen molar-refractivity contribution in [2.75, 3.05) is 10.6 Å². The molecule has 0 aliphatic heterocycles. The number of carbonyl (C=O) groups excluding carboxylic acids is 2. The van der Waals surface area contributed by atoms with Crippen LogP contribution in [0.1, 0.15) is 72.6 Å². The Labute approximate surface area is 338 Å². The van der Waals surface area contributed by atoms with Crippen LogP contribution in [0.5, 0.6) is 0 Å². The molecule has 0 bridgehead atoms. The maximum atomic E-state index is 13.1. The molecule has 0 saturated heterocycles. The average Bonchev–Trinajstić information content (AvgIpc) is 3.75. The molecule has 10 rings (SSSR count). The number of pyridine rings is 2. The first-order valence-electron chi connectivity index (χ1n) is 19.9. The molecule has 0 saturated carbocycles. The lowest BCUT2D eigenvalue weighted by atomic mass is 9.76. The number of nitrogens with zero attached hydrogens (tertiary/aromatic N) is 2. The first-order chi connectivity index (χ1) is 28.0. The molecule has 8 nitrogen and oxygen atoms in total. The van der Waals surface area contributed by atoms with E-state index in [0.717, 1.165) is 86.0 Å². The van der Waals surface area contributed by atoms with Crippen LogP contribution in [0.15, 0.2) is 134 Å². The Bertz CT molecular complexity index is 2820. The number of hydrogen-bond donors (Lipinski definition) is 4. The lowest BCUT2D eigenvalue weighted by Crippen LogP contribution is -2.26. The van der Waals surface area contributed by atoms with Gasteiger partial charge in [0.05, 0.1) is 33.9 Å². The lowest BCUT2D eigenvalue weighted by molar-refractivity contribution is 0.0903. The molecule has 0 spiro atoms. The van der Waals surface area contributed by atoms with Crippen molar-refractivity contribution in [2.45, 2.75) is 53.4 Å². The molecule has 2 aliphatic carbocycles. The second-order valence-electron chi connectivity index (χ2n) is 17.1. The van der Waals surface area contributed by atoms with Gasteiger partial charge in [-0.2, -0.15) is 0 Å². The number of rotatable bonds is 6. The summed E-state index contributed by atoms with van der Waals surface area (Å²) in [7, 11) is 0. The van der Waals surface area contributed by atoms with Crippen LogP contribution in [0, 0.1) is 10.8 Å². The first kappa shape index (κ1) is 36.8. The van der Waals surface area contributed by atoms with Crippen molar-refractivity contribution >= 4 is 55.9 Å². The zero-order valence-corrected chi connectivity index (χ0v) is 33.2. The molecular formula is C50H46N6O2. The molecule has 0 unspecified atom stereocenters. The summed E-state index contributed by atoms with van der Waals surface area (Å²) in [6, 6.07) is 37.0. The van der Waals surface area contributed by atoms with Gasteiger partial charge >= 0.3 is 0 Å². The maximum absolute atomic E-state index is 13.1. The third-order valence-corrected chi connectivity index (χ3v) is 11.3. The second-order valence-corrected chi connectivity index (χ2v) is 17.1. The predicted molar refractivity (Wildman–Crippen MR) is 235 cm³/mol. The average molecular weight is 763 g/mol. The quantitative estimate of drug-likeness (QED) is 0.134. The van der Waals surface area contributed by atoms with Gasteiger partial charge in [-0.15, -0.1) is 0 Å². The van der Waals surface area contributed by atoms with Crippen LogP contribution in [-0.4, -0.2) is 31.5 Å². The van der Waals surface area contributed by atoms with Crippen molar-refractivity contribution in [3.05, 3.63) is 156 Å². The van der Waals surface area contributed by atoms with Crippen molar-refractivity contribution in [1.82, 2.24) is 19.9 Å². The molecule has 8 aromatic rings. The van der Waals surface area contributed by atoms with Crippen LogP contribution in [0.3, 0.4) is 0 Å². The Balaban J connectivity index is 0.000000150. The van der Waals surface area contributed by atoms with Crippen LogP contribution in [0.2, 0.25) is 0 Å². The fraction of sp³-hybridized carbons (Fsp3) is 0.200. The molecule has 8 heteroatoms. The van der Waals surface area contributed by atoms with Gasteiger partial charge in [-0.3, -0.25) is 19.6 Å². The second kappa shape index (κ2) is 14.6. The molecule has 0 radical (unpaired) electrons. The van der Waals surface area contributed by atoms with E-state index in [-0.39, 0.29) is 22.4 Å². The van der Waals surface area contributed by atoms with Gasteiger partial charge in [0.2, 0.25) is 0 Å². The molecule has 0 fully saturated rings. The fourth-order valence-corrected chi connectivity index (χ4v) is 8.71. The van der Waals surface area contributed by atoms with Crippen molar-refractivity contribution in [3.63, 3.8) is 0 Å². The fourth-order valence-electron chi connectivity index (χ4n) is 8.71. The van der Waals surface area contributed by atoms with Gasteiger partial charge in [0.1, 0.15) is 0 Å². The number of H-pyrrole nitrogens is 2. The summed E-state index contributed by atoms with van der Waals surface area (Å²) in [5.41, 5.74) is 11.2. The number of hydrogen-bond acceptors (Lipinski definition) is 6. The highest BCUT2D eigenvalue weighted by molar-refractivity contribution is 6.09. The van der Waals surface area contributed by atoms with Crippen LogP contribution in [0.25, 0.3) is 44.1 Å². The molecule has 4 heterocycles. The molecule has 4 N–H and O–H groups in total. The summed E-state index contributed by atoms with van der Waals surface area (Å²) in [6.45, 7) is 8.60. The number of ketones is 2. The lowest BCUT2D eigenvalue weighted by Gasteiger charge is -2.28. The first-order valence-corrected chi connectivity index (χ1v) is 19.9. The van der Waals surface area contributed by atoms with Crippen molar-refractivity contribution in [2.24, 2.45) is 10.8 Å². The van der Waals surface area contributed by atoms with Gasteiger partial charge in [0, 0.05) is 76.9 Å². The zero-order chi connectivity index (χ0) is 40.0. The number of fused-ring (bicyclic) bond motifs is 4. The summed E-state index contributed by atoms with van der Waals surface area (Å²) in [5.74, 6) is 0.381. The van der Waals surface area contributed by atoms with Gasteiger partial charge in [-0.25, -0.2) is 0 Å². The van der Waals surface area contributed by atoms with Crippen LogP contribution in [-0.2, 0) is 12.8 Å². The summed E-state index contributed by atoms with van der Waals surface area (Å²) < 4.78 is 0. The van der Waals surface area contributed by atoms with E-state index in [1.165, 1.54) is 16.2 Å². The predicted octanol–water partition coefficient (Wildman–Crippen LogP) is 12.3. The number of benzene rings is 4. The zero-order valence-electron chi connectivity index (χ0n) is 33.2. The highest BCUT2D eigenvalue weighted by atomic mass is 16.1. The number of anilines is 4. The number of nitrogens with one attached hydrogen (secondary N) is 4. The Morgan fingerprint density at radius 3 is 1.60 bits per heavy atom. The van der Waals surface area contributed by atoms with Crippen LogP contribution >= 0.6 is 0 Å². The standard InChI is InChI=1S/2C25H23N3O/c1-25(2)14-20-22(21(29)15-25)24(23(28-20)17-10-12-26-13-11-17)27-19-9-5-7-16-6-3-4-8-18(16)19;1-25(2)14-20-22(21(29)15-25)24(23(28-20)17-9-11-26-12-10-17)27-19-8-7-16-5-3-4-6-18(16)13-19/h2*3-13,27-28H,14-15H2,1-2H3. The SMILES string of the molecule is CC1(C)CC(=O)c2c([nH]c(-c3ccncc3)c2Nc2ccc3ccccc3c2)C1.CC1(C)CC(=O)c2c([nH]c(-c3ccncc3)c2Nc2cccc3ccccc23)C1. The minimum absolute atomic E-state index is 0.0370. The molecule has 58 heavy (non-hydrogen) atoms. The summed E-state index contributed by atoms with van der Waals surface area (Å²) in [5, 5.41) is 11.8. The van der Waals surface area contributed by atoms with Crippen molar-refractivity contribution in [1.29, 1.82) is 0 Å². The maximum Gasteiger partial charge on any atom is 0.167 e. The third kappa shape index (κ3) is 7.18. The van der Waals surface area contributed by atoms with E-state index in [1.807, 2.05) is 54.6 Å². The normalized spacial score (nSPS) is 15.3. The monoisotopic (exact) mass is 762 g/mol. The molecular weight excluding hydrogens is 717 g/mol. The van der Waals surface area contributed by atoms with E-state index < -0.39 is 0 Å². The topological polar surface area (TPSA) is 116 Å². The van der Waals surface area contributed by atoms with E-state index >= 15 is 0 Å².